The first kappa shape index (κ1) is 23.8. The largest absolute Gasteiger partial charge is 1.00 e. The summed E-state index contributed by atoms with van der Waals surface area (Å²) in [5, 5.41) is 1.97. The smallest absolute Gasteiger partial charge is 0.213 e. The third-order valence-electron chi connectivity index (χ3n) is 6.08. The molecule has 0 spiro atoms. The first-order chi connectivity index (χ1) is 16.1. The Hall–Kier alpha value is -3.32. The Morgan fingerprint density at radius 1 is 0.882 bits per heavy atom. The number of hydrogen-bond donors (Lipinski definition) is 0. The van der Waals surface area contributed by atoms with Gasteiger partial charge in [-0.15, -0.1) is 0 Å². The number of nitrogens with zero attached hydrogens (tertiary/aromatic N) is 1. The summed E-state index contributed by atoms with van der Waals surface area (Å²) in [5.74, 6) is 2.45. The molecule has 0 N–H and O–H groups in total. The highest BCUT2D eigenvalue weighted by Gasteiger charge is 2.27. The molecule has 7 heteroatoms. The molecular weight excluding hydrogens is 501 g/mol. The van der Waals surface area contributed by atoms with Gasteiger partial charge in [-0.25, -0.2) is 4.39 Å². The lowest BCUT2D eigenvalue weighted by Crippen LogP contribution is -3.00. The van der Waals surface area contributed by atoms with Gasteiger partial charge in [-0.05, 0) is 52.9 Å². The third-order valence-corrected chi connectivity index (χ3v) is 6.08. The Morgan fingerprint density at radius 2 is 1.65 bits per heavy atom. The highest BCUT2D eigenvalue weighted by molar-refractivity contribution is 5.91. The average Bonchev–Trinajstić information content (AvgIpc) is 2.85. The molecule has 0 bridgehead atoms. The minimum atomic E-state index is -0.281. The fraction of sp³-hybridized carbons (Fsp3) is 0.222. The van der Waals surface area contributed by atoms with Crippen molar-refractivity contribution in [1.29, 1.82) is 0 Å². The Labute approximate surface area is 208 Å². The molecule has 1 aromatic heterocycles. The molecule has 1 aliphatic heterocycles. The molecule has 0 atom stereocenters. The van der Waals surface area contributed by atoms with Gasteiger partial charge in [-0.1, -0.05) is 12.1 Å². The van der Waals surface area contributed by atoms with Crippen LogP contribution in [0.15, 0.2) is 60.8 Å². The quantitative estimate of drug-likeness (QED) is 0.361. The Bertz CT molecular complexity index is 1360. The molecule has 176 valence electrons. The lowest BCUT2D eigenvalue weighted by molar-refractivity contribution is -0.686. The SMILES string of the molecule is COc1cc2c(cc1OC)-c1cc3ccc(OC)c(OCc4cccc(F)c4)c3c[n+]1CC2.[Br-]. The Balaban J connectivity index is 0.00000274. The summed E-state index contributed by atoms with van der Waals surface area (Å²) in [5.41, 5.74) is 4.21. The number of halogens is 2. The highest BCUT2D eigenvalue weighted by Crippen LogP contribution is 2.40. The number of hydrogen-bond acceptors (Lipinski definition) is 4. The molecule has 4 aromatic rings. The molecule has 0 amide bonds. The van der Waals surface area contributed by atoms with Crippen molar-refractivity contribution in [2.75, 3.05) is 21.3 Å². The summed E-state index contributed by atoms with van der Waals surface area (Å²) in [7, 11) is 4.93. The van der Waals surface area contributed by atoms with Crippen LogP contribution in [0.2, 0.25) is 0 Å². The zero-order chi connectivity index (χ0) is 22.9. The summed E-state index contributed by atoms with van der Waals surface area (Å²) < 4.78 is 38.6. The van der Waals surface area contributed by atoms with Crippen molar-refractivity contribution >= 4 is 10.8 Å². The van der Waals surface area contributed by atoms with Crippen LogP contribution in [0.4, 0.5) is 4.39 Å². The second-order valence-electron chi connectivity index (χ2n) is 7.98. The molecule has 3 aromatic carbocycles. The van der Waals surface area contributed by atoms with E-state index in [0.717, 1.165) is 46.3 Å². The number of rotatable bonds is 6. The zero-order valence-electron chi connectivity index (χ0n) is 19.2. The molecule has 5 nitrogen and oxygen atoms in total. The van der Waals surface area contributed by atoms with E-state index in [4.69, 9.17) is 18.9 Å². The predicted octanol–water partition coefficient (Wildman–Crippen LogP) is 2.10. The fourth-order valence-corrected chi connectivity index (χ4v) is 4.43. The van der Waals surface area contributed by atoms with Gasteiger partial charge in [-0.2, -0.15) is 4.57 Å². The van der Waals surface area contributed by atoms with Crippen LogP contribution in [-0.4, -0.2) is 21.3 Å². The van der Waals surface area contributed by atoms with E-state index in [1.165, 1.54) is 17.7 Å². The number of methoxy groups -OCH3 is 3. The molecule has 0 saturated carbocycles. The second-order valence-corrected chi connectivity index (χ2v) is 7.98. The van der Waals surface area contributed by atoms with Crippen molar-refractivity contribution in [2.24, 2.45) is 0 Å². The van der Waals surface area contributed by atoms with E-state index in [2.05, 4.69) is 22.9 Å². The van der Waals surface area contributed by atoms with Gasteiger partial charge in [0.25, 0.3) is 0 Å². The first-order valence-electron chi connectivity index (χ1n) is 10.8. The van der Waals surface area contributed by atoms with Crippen LogP contribution < -0.4 is 40.5 Å². The van der Waals surface area contributed by atoms with Crippen LogP contribution >= 0.6 is 0 Å². The van der Waals surface area contributed by atoms with E-state index in [1.807, 2.05) is 24.3 Å². The maximum absolute atomic E-state index is 13.6. The summed E-state index contributed by atoms with van der Waals surface area (Å²) in [6.45, 7) is 1.07. The topological polar surface area (TPSA) is 40.8 Å². The number of fused-ring (bicyclic) bond motifs is 4. The first-order valence-corrected chi connectivity index (χ1v) is 10.8. The fourth-order valence-electron chi connectivity index (χ4n) is 4.43. The normalized spacial score (nSPS) is 11.8. The van der Waals surface area contributed by atoms with Gasteiger partial charge in [-0.3, -0.25) is 0 Å². The number of aromatic nitrogens is 1. The molecule has 5 rings (SSSR count). The maximum atomic E-state index is 13.6. The number of pyridine rings is 1. The summed E-state index contributed by atoms with van der Waals surface area (Å²) >= 11 is 0. The van der Waals surface area contributed by atoms with E-state index in [-0.39, 0.29) is 29.4 Å². The van der Waals surface area contributed by atoms with Crippen molar-refractivity contribution in [2.45, 2.75) is 19.6 Å². The lowest BCUT2D eigenvalue weighted by Gasteiger charge is -2.19. The summed E-state index contributed by atoms with van der Waals surface area (Å²) in [6, 6.07) is 16.6. The zero-order valence-corrected chi connectivity index (χ0v) is 20.8. The minimum absolute atomic E-state index is 0. The van der Waals surface area contributed by atoms with Crippen molar-refractivity contribution in [1.82, 2.24) is 0 Å². The third kappa shape index (κ3) is 4.28. The van der Waals surface area contributed by atoms with Gasteiger partial charge in [0, 0.05) is 12.5 Å². The van der Waals surface area contributed by atoms with Gasteiger partial charge >= 0.3 is 0 Å². The van der Waals surface area contributed by atoms with Crippen LogP contribution in [0.3, 0.4) is 0 Å². The average molecular weight is 526 g/mol. The molecule has 0 saturated heterocycles. The number of ether oxygens (including phenoxy) is 4. The number of aryl methyl sites for hydroxylation is 2. The van der Waals surface area contributed by atoms with E-state index >= 15 is 0 Å². The molecule has 2 heterocycles. The second kappa shape index (κ2) is 9.89. The van der Waals surface area contributed by atoms with Crippen molar-refractivity contribution in [3.8, 4) is 34.3 Å². The standard InChI is InChI=1S/C27H25FNO4.BrH/c1-30-24-8-7-18-12-23-21-14-26(32-3)25(31-2)13-19(21)9-10-29(23)15-22(18)27(24)33-16-17-5-4-6-20(28)11-17;/h4-8,11-15H,9-10,16H2,1-3H3;1H/q+1;/p-1. The lowest BCUT2D eigenvalue weighted by atomic mass is 9.95. The molecule has 34 heavy (non-hydrogen) atoms. The predicted molar refractivity (Wildman–Crippen MR) is 124 cm³/mol. The van der Waals surface area contributed by atoms with Crippen molar-refractivity contribution in [3.05, 3.63) is 77.7 Å². The molecule has 1 aliphatic rings. The minimum Gasteiger partial charge on any atom is -1.00 e. The van der Waals surface area contributed by atoms with Gasteiger partial charge < -0.3 is 35.9 Å². The van der Waals surface area contributed by atoms with Gasteiger partial charge in [0.05, 0.1) is 32.3 Å². The van der Waals surface area contributed by atoms with E-state index < -0.39 is 0 Å². The monoisotopic (exact) mass is 525 g/mol. The molecular formula is C27H25BrFNO4. The Morgan fingerprint density at radius 3 is 2.38 bits per heavy atom. The maximum Gasteiger partial charge on any atom is 0.213 e. The highest BCUT2D eigenvalue weighted by atomic mass is 79.9. The molecule has 0 unspecified atom stereocenters. The van der Waals surface area contributed by atoms with Crippen molar-refractivity contribution < 1.29 is 44.9 Å². The van der Waals surface area contributed by atoms with Gasteiger partial charge in [0.2, 0.25) is 5.69 Å². The van der Waals surface area contributed by atoms with E-state index in [0.29, 0.717) is 17.2 Å². The van der Waals surface area contributed by atoms with Crippen LogP contribution in [-0.2, 0) is 19.6 Å². The molecule has 0 fully saturated rings. The van der Waals surface area contributed by atoms with Crippen molar-refractivity contribution in [3.63, 3.8) is 0 Å². The Kier molecular flexibility index (Phi) is 6.93. The van der Waals surface area contributed by atoms with Crippen LogP contribution in [0.5, 0.6) is 23.0 Å². The van der Waals surface area contributed by atoms with Crippen LogP contribution in [0.25, 0.3) is 22.0 Å². The van der Waals surface area contributed by atoms with Gasteiger partial charge in [0.1, 0.15) is 12.4 Å². The molecule has 0 radical (unpaired) electrons. The summed E-state index contributed by atoms with van der Waals surface area (Å²) in [6.07, 6.45) is 2.98. The van der Waals surface area contributed by atoms with E-state index in [9.17, 15) is 4.39 Å². The van der Waals surface area contributed by atoms with Gasteiger partial charge in [0.15, 0.2) is 35.7 Å². The molecule has 0 aliphatic carbocycles. The van der Waals surface area contributed by atoms with Crippen LogP contribution in [0.1, 0.15) is 11.1 Å². The van der Waals surface area contributed by atoms with Crippen LogP contribution in [0, 0.1) is 5.82 Å². The summed E-state index contributed by atoms with van der Waals surface area (Å²) in [4.78, 5) is 0. The van der Waals surface area contributed by atoms with E-state index in [1.54, 1.807) is 27.4 Å². The number of benzene rings is 3.